The standard InChI is InChI=1S/C15H16F3NO2S/c1-8(21-2)6-11-13(20)12(14(19)22-11)9-4-3-5-10(7-9)15(16,17)18/h3-5,7-8,11H,6,19H2,1-2H3. The maximum Gasteiger partial charge on any atom is 0.416 e. The first-order valence-electron chi connectivity index (χ1n) is 6.65. The molecule has 1 aromatic rings. The van der Waals surface area contributed by atoms with Crippen LogP contribution >= 0.6 is 11.8 Å². The molecule has 0 aliphatic carbocycles. The number of alkyl halides is 3. The third kappa shape index (κ3) is 3.47. The average molecular weight is 331 g/mol. The number of benzene rings is 1. The summed E-state index contributed by atoms with van der Waals surface area (Å²) >= 11 is 1.18. The van der Waals surface area contributed by atoms with Crippen molar-refractivity contribution < 1.29 is 22.7 Å². The lowest BCUT2D eigenvalue weighted by atomic mass is 9.97. The van der Waals surface area contributed by atoms with Gasteiger partial charge in [-0.05, 0) is 31.0 Å². The zero-order valence-electron chi connectivity index (χ0n) is 12.1. The molecular formula is C15H16F3NO2S. The minimum absolute atomic E-state index is 0.130. The molecule has 22 heavy (non-hydrogen) atoms. The van der Waals surface area contributed by atoms with Crippen molar-refractivity contribution >= 4 is 23.1 Å². The van der Waals surface area contributed by atoms with Gasteiger partial charge >= 0.3 is 6.18 Å². The predicted octanol–water partition coefficient (Wildman–Crippen LogP) is 3.44. The van der Waals surface area contributed by atoms with Crippen molar-refractivity contribution in [1.29, 1.82) is 0 Å². The summed E-state index contributed by atoms with van der Waals surface area (Å²) in [4.78, 5) is 12.4. The van der Waals surface area contributed by atoms with Crippen molar-refractivity contribution in [2.45, 2.75) is 30.9 Å². The highest BCUT2D eigenvalue weighted by atomic mass is 32.2. The van der Waals surface area contributed by atoms with Crippen LogP contribution in [-0.4, -0.2) is 24.2 Å². The number of rotatable bonds is 4. The minimum atomic E-state index is -4.45. The Morgan fingerprint density at radius 2 is 2.09 bits per heavy atom. The molecule has 2 N–H and O–H groups in total. The molecule has 2 unspecified atom stereocenters. The Hall–Kier alpha value is -1.47. The van der Waals surface area contributed by atoms with Crippen LogP contribution in [0.2, 0.25) is 0 Å². The van der Waals surface area contributed by atoms with E-state index in [9.17, 15) is 18.0 Å². The lowest BCUT2D eigenvalue weighted by Crippen LogP contribution is -2.20. The molecule has 1 aliphatic heterocycles. The summed E-state index contributed by atoms with van der Waals surface area (Å²) in [5, 5.41) is -0.155. The normalized spacial score (nSPS) is 20.6. The van der Waals surface area contributed by atoms with E-state index in [1.165, 1.54) is 23.9 Å². The highest BCUT2D eigenvalue weighted by Crippen LogP contribution is 2.40. The zero-order valence-corrected chi connectivity index (χ0v) is 12.9. The average Bonchev–Trinajstić information content (AvgIpc) is 2.72. The van der Waals surface area contributed by atoms with Crippen LogP contribution in [0.4, 0.5) is 13.2 Å². The molecule has 2 atom stereocenters. The Morgan fingerprint density at radius 1 is 1.41 bits per heavy atom. The first-order valence-corrected chi connectivity index (χ1v) is 7.53. The second kappa shape index (κ2) is 6.34. The van der Waals surface area contributed by atoms with Gasteiger partial charge in [0.25, 0.3) is 0 Å². The number of Topliss-reactive ketones (excluding diaryl/α,β-unsaturated/α-hetero) is 1. The van der Waals surface area contributed by atoms with Crippen molar-refractivity contribution in [3.8, 4) is 0 Å². The molecule has 0 spiro atoms. The van der Waals surface area contributed by atoms with Crippen molar-refractivity contribution in [1.82, 2.24) is 0 Å². The van der Waals surface area contributed by atoms with Gasteiger partial charge < -0.3 is 10.5 Å². The third-order valence-electron chi connectivity index (χ3n) is 3.48. The summed E-state index contributed by atoms with van der Waals surface area (Å²) in [5.74, 6) is -0.245. The smallest absolute Gasteiger partial charge is 0.393 e. The molecule has 7 heteroatoms. The quantitative estimate of drug-likeness (QED) is 0.918. The number of halogens is 3. The van der Waals surface area contributed by atoms with Crippen molar-refractivity contribution in [2.24, 2.45) is 5.73 Å². The largest absolute Gasteiger partial charge is 0.416 e. The van der Waals surface area contributed by atoms with E-state index < -0.39 is 17.0 Å². The molecule has 1 heterocycles. The van der Waals surface area contributed by atoms with Gasteiger partial charge in [0.15, 0.2) is 5.78 Å². The molecule has 1 aromatic carbocycles. The zero-order chi connectivity index (χ0) is 16.5. The second-order valence-corrected chi connectivity index (χ2v) is 6.32. The summed E-state index contributed by atoms with van der Waals surface area (Å²) in [5.41, 5.74) is 5.45. The van der Waals surface area contributed by atoms with E-state index in [0.29, 0.717) is 6.42 Å². The van der Waals surface area contributed by atoms with E-state index in [4.69, 9.17) is 10.5 Å². The van der Waals surface area contributed by atoms with Gasteiger partial charge in [-0.2, -0.15) is 13.2 Å². The lowest BCUT2D eigenvalue weighted by molar-refractivity contribution is -0.137. The summed E-state index contributed by atoms with van der Waals surface area (Å²) in [6, 6.07) is 4.68. The molecule has 1 aliphatic rings. The fourth-order valence-electron chi connectivity index (χ4n) is 2.24. The van der Waals surface area contributed by atoms with Crippen LogP contribution in [0.5, 0.6) is 0 Å². The van der Waals surface area contributed by atoms with Crippen LogP contribution in [0.1, 0.15) is 24.5 Å². The predicted molar refractivity (Wildman–Crippen MR) is 80.0 cm³/mol. The number of hydrogen-bond donors (Lipinski definition) is 1. The summed E-state index contributed by atoms with van der Waals surface area (Å²) < 4.78 is 43.5. The van der Waals surface area contributed by atoms with E-state index in [0.717, 1.165) is 12.1 Å². The van der Waals surface area contributed by atoms with Crippen molar-refractivity contribution in [3.05, 3.63) is 40.4 Å². The van der Waals surface area contributed by atoms with Gasteiger partial charge in [0.2, 0.25) is 0 Å². The van der Waals surface area contributed by atoms with E-state index in [2.05, 4.69) is 0 Å². The molecule has 0 amide bonds. The number of ketones is 1. The molecule has 0 fully saturated rings. The van der Waals surface area contributed by atoms with Gasteiger partial charge in [0.05, 0.1) is 27.5 Å². The second-order valence-electron chi connectivity index (χ2n) is 5.07. The first kappa shape index (κ1) is 16.9. The Bertz CT molecular complexity index is 613. The van der Waals surface area contributed by atoms with Crippen molar-refractivity contribution in [2.75, 3.05) is 7.11 Å². The van der Waals surface area contributed by atoms with Crippen LogP contribution in [-0.2, 0) is 15.7 Å². The van der Waals surface area contributed by atoms with Gasteiger partial charge in [-0.1, -0.05) is 23.9 Å². The van der Waals surface area contributed by atoms with E-state index in [1.807, 2.05) is 6.92 Å². The van der Waals surface area contributed by atoms with Crippen LogP contribution in [0.25, 0.3) is 5.57 Å². The van der Waals surface area contributed by atoms with Crippen LogP contribution < -0.4 is 5.73 Å². The maximum absolute atomic E-state index is 12.8. The maximum atomic E-state index is 12.8. The van der Waals surface area contributed by atoms with Crippen molar-refractivity contribution in [3.63, 3.8) is 0 Å². The SMILES string of the molecule is COC(C)CC1SC(N)=C(c2cccc(C(F)(F)F)c2)C1=O. The highest BCUT2D eigenvalue weighted by Gasteiger charge is 2.36. The fraction of sp³-hybridized carbons (Fsp3) is 0.400. The Labute approximate surface area is 130 Å². The van der Waals surface area contributed by atoms with Crippen LogP contribution in [0.3, 0.4) is 0 Å². The molecule has 0 bridgehead atoms. The number of methoxy groups -OCH3 is 1. The third-order valence-corrected chi connectivity index (χ3v) is 4.63. The molecular weight excluding hydrogens is 315 g/mol. The number of ether oxygens (including phenoxy) is 1. The number of carbonyl (C=O) groups is 1. The molecule has 0 radical (unpaired) electrons. The Balaban J connectivity index is 2.29. The minimum Gasteiger partial charge on any atom is -0.393 e. The van der Waals surface area contributed by atoms with Crippen LogP contribution in [0, 0.1) is 0 Å². The molecule has 0 saturated heterocycles. The lowest BCUT2D eigenvalue weighted by Gasteiger charge is -2.14. The highest BCUT2D eigenvalue weighted by molar-refractivity contribution is 8.05. The number of thioether (sulfide) groups is 1. The molecule has 0 saturated carbocycles. The Morgan fingerprint density at radius 3 is 2.68 bits per heavy atom. The van der Waals surface area contributed by atoms with Gasteiger partial charge in [-0.25, -0.2) is 0 Å². The van der Waals surface area contributed by atoms with E-state index in [-0.39, 0.29) is 28.1 Å². The summed E-state index contributed by atoms with van der Waals surface area (Å²) in [7, 11) is 1.54. The van der Waals surface area contributed by atoms with E-state index in [1.54, 1.807) is 7.11 Å². The molecule has 3 nitrogen and oxygen atoms in total. The fourth-order valence-corrected chi connectivity index (χ4v) is 3.47. The molecule has 2 rings (SSSR count). The summed E-state index contributed by atoms with van der Waals surface area (Å²) in [6.07, 6.45) is -4.12. The molecule has 0 aromatic heterocycles. The van der Waals surface area contributed by atoms with Gasteiger partial charge in [-0.15, -0.1) is 0 Å². The van der Waals surface area contributed by atoms with Gasteiger partial charge in [0, 0.05) is 7.11 Å². The van der Waals surface area contributed by atoms with Gasteiger partial charge in [-0.3, -0.25) is 4.79 Å². The van der Waals surface area contributed by atoms with Crippen LogP contribution in [0.15, 0.2) is 29.3 Å². The summed E-state index contributed by atoms with van der Waals surface area (Å²) in [6.45, 7) is 1.83. The monoisotopic (exact) mass is 331 g/mol. The van der Waals surface area contributed by atoms with Gasteiger partial charge in [0.1, 0.15) is 0 Å². The number of carbonyl (C=O) groups excluding carboxylic acids is 1. The number of hydrogen-bond acceptors (Lipinski definition) is 4. The Kier molecular flexibility index (Phi) is 4.87. The number of allylic oxidation sites excluding steroid dienone is 1. The molecule has 120 valence electrons. The first-order chi connectivity index (χ1) is 10.2. The topological polar surface area (TPSA) is 52.3 Å². The number of nitrogens with two attached hydrogens (primary N) is 1. The van der Waals surface area contributed by atoms with E-state index >= 15 is 0 Å².